The average Bonchev–Trinajstić information content (AvgIpc) is 3.30. The summed E-state index contributed by atoms with van der Waals surface area (Å²) in [6.45, 7) is 4.59. The summed E-state index contributed by atoms with van der Waals surface area (Å²) in [5, 5.41) is 1.63. The Bertz CT molecular complexity index is 1480. The molecule has 0 fully saturated rings. The molecule has 184 valence electrons. The first-order valence-electron chi connectivity index (χ1n) is 12.2. The largest absolute Gasteiger partial charge is 0.360 e. The number of ketones is 1. The van der Waals surface area contributed by atoms with Crippen LogP contribution in [0, 0.1) is 0 Å². The predicted molar refractivity (Wildman–Crippen MR) is 141 cm³/mol. The van der Waals surface area contributed by atoms with Gasteiger partial charge in [0.15, 0.2) is 11.4 Å². The van der Waals surface area contributed by atoms with Crippen LogP contribution in [-0.4, -0.2) is 35.6 Å². The van der Waals surface area contributed by atoms with E-state index in [4.69, 9.17) is 4.98 Å². The van der Waals surface area contributed by atoms with Crippen molar-refractivity contribution in [3.8, 4) is 0 Å². The van der Waals surface area contributed by atoms with Crippen molar-refractivity contribution in [3.63, 3.8) is 0 Å². The van der Waals surface area contributed by atoms with Gasteiger partial charge < -0.3 is 4.98 Å². The molecule has 1 aromatic carbocycles. The number of hydrogen-bond donors (Lipinski definition) is 1. The number of H-pyrrole nitrogens is 1. The number of unbranched alkanes of at least 4 members (excludes halogenated alkanes) is 3. The number of fused-ring (bicyclic) bond motifs is 2. The van der Waals surface area contributed by atoms with Crippen LogP contribution in [0.25, 0.3) is 21.9 Å². The van der Waals surface area contributed by atoms with Gasteiger partial charge in [0.2, 0.25) is 0 Å². The lowest BCUT2D eigenvalue weighted by Crippen LogP contribution is -2.39. The topological polar surface area (TPSA) is 103 Å². The van der Waals surface area contributed by atoms with Crippen LogP contribution in [0.15, 0.2) is 45.1 Å². The smallest absolute Gasteiger partial charge is 0.332 e. The number of carbonyl (C=O) groups excluding carboxylic acids is 1. The molecule has 9 heteroatoms. The fourth-order valence-electron chi connectivity index (χ4n) is 4.25. The number of aryl methyl sites for hydroxylation is 2. The first-order valence-corrected chi connectivity index (χ1v) is 13.2. The highest BCUT2D eigenvalue weighted by atomic mass is 32.2. The Balaban J connectivity index is 1.74. The maximum Gasteiger partial charge on any atom is 0.332 e. The third-order valence-electron chi connectivity index (χ3n) is 6.13. The molecular formula is C26H31N5O3S. The second-order valence-electron chi connectivity index (χ2n) is 8.71. The Morgan fingerprint density at radius 3 is 2.63 bits per heavy atom. The molecule has 0 radical (unpaired) electrons. The molecule has 4 rings (SSSR count). The average molecular weight is 494 g/mol. The van der Waals surface area contributed by atoms with E-state index < -0.39 is 5.56 Å². The Labute approximate surface area is 207 Å². The first kappa shape index (κ1) is 24.9. The molecule has 3 aromatic heterocycles. The molecule has 1 N–H and O–H groups in total. The van der Waals surface area contributed by atoms with Gasteiger partial charge >= 0.3 is 5.69 Å². The van der Waals surface area contributed by atoms with Gasteiger partial charge in [-0.3, -0.25) is 18.7 Å². The third-order valence-corrected chi connectivity index (χ3v) is 7.10. The first-order chi connectivity index (χ1) is 17.0. The number of nitrogens with zero attached hydrogens (tertiary/aromatic N) is 4. The number of hydrogen-bond acceptors (Lipinski definition) is 6. The molecule has 0 aliphatic rings. The molecule has 4 aromatic rings. The minimum absolute atomic E-state index is 0.0533. The number of Topliss-reactive ketones (excluding diaryl/α,β-unsaturated/α-hetero) is 1. The van der Waals surface area contributed by atoms with Crippen molar-refractivity contribution in [1.29, 1.82) is 0 Å². The summed E-state index contributed by atoms with van der Waals surface area (Å²) in [6, 6.07) is 7.66. The van der Waals surface area contributed by atoms with Gasteiger partial charge in [0, 0.05) is 42.7 Å². The van der Waals surface area contributed by atoms with Crippen molar-refractivity contribution in [2.24, 2.45) is 7.05 Å². The Hall–Kier alpha value is -3.20. The van der Waals surface area contributed by atoms with Crippen molar-refractivity contribution in [2.45, 2.75) is 63.9 Å². The summed E-state index contributed by atoms with van der Waals surface area (Å²) in [5.41, 5.74) is 1.06. The van der Waals surface area contributed by atoms with Gasteiger partial charge in [0.1, 0.15) is 16.2 Å². The SMILES string of the molecule is CCCCCCc1nc(SCC(=O)c2c[nH]c3ccccc23)c2c(=O)n(C)c(=O)n(CCC)c2n1. The molecule has 0 bridgehead atoms. The molecule has 0 spiro atoms. The van der Waals surface area contributed by atoms with E-state index in [0.717, 1.165) is 47.6 Å². The maximum absolute atomic E-state index is 13.2. The summed E-state index contributed by atoms with van der Waals surface area (Å²) < 4.78 is 2.66. The van der Waals surface area contributed by atoms with Crippen LogP contribution in [0.2, 0.25) is 0 Å². The number of thioether (sulfide) groups is 1. The number of benzene rings is 1. The number of aromatic amines is 1. The molecule has 0 saturated heterocycles. The van der Waals surface area contributed by atoms with Crippen molar-refractivity contribution in [2.75, 3.05) is 5.75 Å². The minimum atomic E-state index is -0.433. The van der Waals surface area contributed by atoms with Crippen LogP contribution in [0.5, 0.6) is 0 Å². The van der Waals surface area contributed by atoms with E-state index in [1.807, 2.05) is 31.2 Å². The lowest BCUT2D eigenvalue weighted by atomic mass is 10.1. The minimum Gasteiger partial charge on any atom is -0.360 e. The zero-order chi connectivity index (χ0) is 24.9. The van der Waals surface area contributed by atoms with E-state index in [0.29, 0.717) is 40.4 Å². The highest BCUT2D eigenvalue weighted by Crippen LogP contribution is 2.26. The fraction of sp³-hybridized carbons (Fsp3) is 0.423. The van der Waals surface area contributed by atoms with Crippen LogP contribution >= 0.6 is 11.8 Å². The monoisotopic (exact) mass is 493 g/mol. The lowest BCUT2D eigenvalue weighted by molar-refractivity contribution is 0.102. The summed E-state index contributed by atoms with van der Waals surface area (Å²) in [4.78, 5) is 51.6. The number of para-hydroxylation sites is 1. The summed E-state index contributed by atoms with van der Waals surface area (Å²) in [7, 11) is 1.47. The normalized spacial score (nSPS) is 11.5. The highest BCUT2D eigenvalue weighted by Gasteiger charge is 2.20. The summed E-state index contributed by atoms with van der Waals surface area (Å²) >= 11 is 1.23. The molecule has 35 heavy (non-hydrogen) atoms. The summed E-state index contributed by atoms with van der Waals surface area (Å²) in [6.07, 6.45) is 7.37. The number of aromatic nitrogens is 5. The fourth-order valence-corrected chi connectivity index (χ4v) is 5.16. The van der Waals surface area contributed by atoms with E-state index >= 15 is 0 Å². The molecule has 0 saturated carbocycles. The standard InChI is InChI=1S/C26H31N5O3S/c1-4-6-7-8-13-21-28-23-22(25(33)30(3)26(34)31(23)14-5-2)24(29-21)35-16-20(32)18-15-27-19-12-10-9-11-17(18)19/h9-12,15,27H,4-8,13-14,16H2,1-3H3. The molecule has 0 unspecified atom stereocenters. The molecule has 3 heterocycles. The number of rotatable bonds is 11. The van der Waals surface area contributed by atoms with Crippen LogP contribution in [0.1, 0.15) is 62.1 Å². The van der Waals surface area contributed by atoms with Crippen LogP contribution < -0.4 is 11.2 Å². The van der Waals surface area contributed by atoms with Crippen LogP contribution in [-0.2, 0) is 20.0 Å². The van der Waals surface area contributed by atoms with Crippen LogP contribution in [0.4, 0.5) is 0 Å². The van der Waals surface area contributed by atoms with E-state index in [9.17, 15) is 14.4 Å². The van der Waals surface area contributed by atoms with Crippen molar-refractivity contribution in [3.05, 3.63) is 62.7 Å². The zero-order valence-electron chi connectivity index (χ0n) is 20.5. The second kappa shape index (κ2) is 11.0. The molecule has 0 atom stereocenters. The van der Waals surface area contributed by atoms with E-state index in [1.54, 1.807) is 10.8 Å². The van der Waals surface area contributed by atoms with Crippen molar-refractivity contribution < 1.29 is 4.79 Å². The quantitative estimate of drug-likeness (QED) is 0.143. The van der Waals surface area contributed by atoms with Crippen molar-refractivity contribution in [1.82, 2.24) is 24.1 Å². The van der Waals surface area contributed by atoms with E-state index in [1.165, 1.54) is 18.8 Å². The lowest BCUT2D eigenvalue weighted by Gasteiger charge is -2.14. The summed E-state index contributed by atoms with van der Waals surface area (Å²) in [5.74, 6) is 0.676. The van der Waals surface area contributed by atoms with Gasteiger partial charge in [0.05, 0.1) is 5.75 Å². The number of carbonyl (C=O) groups is 1. The van der Waals surface area contributed by atoms with Crippen LogP contribution in [0.3, 0.4) is 0 Å². The van der Waals surface area contributed by atoms with Gasteiger partial charge in [-0.05, 0) is 18.9 Å². The molecule has 0 amide bonds. The molecule has 0 aliphatic carbocycles. The van der Waals surface area contributed by atoms with E-state index in [2.05, 4.69) is 16.9 Å². The number of nitrogens with one attached hydrogen (secondary N) is 1. The van der Waals surface area contributed by atoms with Gasteiger partial charge in [0.25, 0.3) is 5.56 Å². The Kier molecular flexibility index (Phi) is 7.85. The molecule has 8 nitrogen and oxygen atoms in total. The predicted octanol–water partition coefficient (Wildman–Crippen LogP) is 4.48. The van der Waals surface area contributed by atoms with Gasteiger partial charge in [-0.1, -0.05) is 63.1 Å². The zero-order valence-corrected chi connectivity index (χ0v) is 21.3. The Morgan fingerprint density at radius 2 is 1.86 bits per heavy atom. The van der Waals surface area contributed by atoms with E-state index in [-0.39, 0.29) is 17.2 Å². The second-order valence-corrected chi connectivity index (χ2v) is 9.68. The van der Waals surface area contributed by atoms with Gasteiger partial charge in [-0.15, -0.1) is 0 Å². The van der Waals surface area contributed by atoms with Crippen molar-refractivity contribution >= 4 is 39.5 Å². The highest BCUT2D eigenvalue weighted by molar-refractivity contribution is 8.00. The van der Waals surface area contributed by atoms with Gasteiger partial charge in [-0.25, -0.2) is 14.8 Å². The molecular weight excluding hydrogens is 462 g/mol. The third kappa shape index (κ3) is 5.10. The Morgan fingerprint density at radius 1 is 1.06 bits per heavy atom. The van der Waals surface area contributed by atoms with Gasteiger partial charge in [-0.2, -0.15) is 0 Å². The molecule has 0 aliphatic heterocycles. The maximum atomic E-state index is 13.2.